The van der Waals surface area contributed by atoms with Crippen LogP contribution in [0.3, 0.4) is 0 Å². The summed E-state index contributed by atoms with van der Waals surface area (Å²) < 4.78 is 5.34. The van der Waals surface area contributed by atoms with Crippen LogP contribution in [0.1, 0.15) is 10.4 Å². The fourth-order valence-corrected chi connectivity index (χ4v) is 2.02. The van der Waals surface area contributed by atoms with Gasteiger partial charge in [0.05, 0.1) is 17.6 Å². The average Bonchev–Trinajstić information content (AvgIpc) is 2.46. The van der Waals surface area contributed by atoms with Crippen LogP contribution in [0.25, 0.3) is 0 Å². The van der Waals surface area contributed by atoms with Gasteiger partial charge in [0.25, 0.3) is 0 Å². The number of halogens is 1. The van der Waals surface area contributed by atoms with Crippen molar-refractivity contribution in [3.8, 4) is 0 Å². The van der Waals surface area contributed by atoms with Gasteiger partial charge < -0.3 is 10.1 Å². The highest BCUT2D eigenvalue weighted by atomic mass is 79.9. The summed E-state index contributed by atoms with van der Waals surface area (Å²) in [7, 11) is 1.20. The molecule has 0 saturated heterocycles. The van der Waals surface area contributed by atoms with Gasteiger partial charge >= 0.3 is 11.7 Å². The summed E-state index contributed by atoms with van der Waals surface area (Å²) in [5.74, 6) is -0.634. The Morgan fingerprint density at radius 3 is 2.81 bits per heavy atom. The van der Waals surface area contributed by atoms with Gasteiger partial charge in [-0.3, -0.25) is 10.1 Å². The second-order valence-corrected chi connectivity index (χ2v) is 4.89. The standard InChI is InChI=1S/C13H10BrN3O4/c1-21-13(18)8-5-11(17(19)20)12(15-7-8)16-10-4-2-3-9(14)6-10/h2-7H,1H3,(H,15,16). The molecule has 0 aliphatic heterocycles. The van der Waals surface area contributed by atoms with Crippen LogP contribution in [-0.2, 0) is 4.74 Å². The second-order valence-electron chi connectivity index (χ2n) is 3.98. The molecule has 2 rings (SSSR count). The molecular formula is C13H10BrN3O4. The first-order valence-electron chi connectivity index (χ1n) is 5.76. The van der Waals surface area contributed by atoms with Crippen LogP contribution in [-0.4, -0.2) is 23.0 Å². The largest absolute Gasteiger partial charge is 0.465 e. The first-order valence-corrected chi connectivity index (χ1v) is 6.56. The molecule has 108 valence electrons. The van der Waals surface area contributed by atoms with E-state index < -0.39 is 10.9 Å². The predicted molar refractivity (Wildman–Crippen MR) is 79.7 cm³/mol. The molecule has 0 bridgehead atoms. The topological polar surface area (TPSA) is 94.4 Å². The van der Waals surface area contributed by atoms with Crippen LogP contribution in [0, 0.1) is 10.1 Å². The highest BCUT2D eigenvalue weighted by Crippen LogP contribution is 2.27. The lowest BCUT2D eigenvalue weighted by Crippen LogP contribution is -2.06. The van der Waals surface area contributed by atoms with E-state index in [9.17, 15) is 14.9 Å². The molecule has 7 nitrogen and oxygen atoms in total. The van der Waals surface area contributed by atoms with Gasteiger partial charge in [-0.1, -0.05) is 22.0 Å². The number of hydrogen-bond acceptors (Lipinski definition) is 6. The third-order valence-electron chi connectivity index (χ3n) is 2.57. The number of pyridine rings is 1. The molecule has 1 aromatic carbocycles. The van der Waals surface area contributed by atoms with Gasteiger partial charge in [0.15, 0.2) is 0 Å². The number of esters is 1. The summed E-state index contributed by atoms with van der Waals surface area (Å²) in [6.07, 6.45) is 1.22. The first-order chi connectivity index (χ1) is 10.0. The van der Waals surface area contributed by atoms with Crippen molar-refractivity contribution in [1.82, 2.24) is 4.98 Å². The summed E-state index contributed by atoms with van der Waals surface area (Å²) in [5.41, 5.74) is 0.340. The minimum Gasteiger partial charge on any atom is -0.465 e. The molecule has 0 aliphatic rings. The van der Waals surface area contributed by atoms with E-state index >= 15 is 0 Å². The molecule has 1 heterocycles. The molecule has 1 aromatic heterocycles. The number of hydrogen-bond donors (Lipinski definition) is 1. The molecule has 8 heteroatoms. The molecule has 21 heavy (non-hydrogen) atoms. The number of ether oxygens (including phenoxy) is 1. The Morgan fingerprint density at radius 2 is 2.19 bits per heavy atom. The van der Waals surface area contributed by atoms with E-state index in [0.29, 0.717) is 5.69 Å². The van der Waals surface area contributed by atoms with E-state index in [-0.39, 0.29) is 17.1 Å². The van der Waals surface area contributed by atoms with Crippen molar-refractivity contribution in [2.45, 2.75) is 0 Å². The van der Waals surface area contributed by atoms with Gasteiger partial charge in [-0.2, -0.15) is 0 Å². The van der Waals surface area contributed by atoms with Crippen molar-refractivity contribution in [3.63, 3.8) is 0 Å². The van der Waals surface area contributed by atoms with Crippen molar-refractivity contribution in [3.05, 3.63) is 56.7 Å². The molecule has 1 N–H and O–H groups in total. The van der Waals surface area contributed by atoms with Crippen LogP contribution in [0.2, 0.25) is 0 Å². The molecule has 2 aromatic rings. The molecule has 0 radical (unpaired) electrons. The highest BCUT2D eigenvalue weighted by Gasteiger charge is 2.19. The van der Waals surface area contributed by atoms with Gasteiger partial charge in [0.2, 0.25) is 5.82 Å². The van der Waals surface area contributed by atoms with Crippen LogP contribution in [0.5, 0.6) is 0 Å². The zero-order valence-corrected chi connectivity index (χ0v) is 12.5. The molecule has 0 aliphatic carbocycles. The van der Waals surface area contributed by atoms with Gasteiger partial charge in [0.1, 0.15) is 0 Å². The van der Waals surface area contributed by atoms with Crippen LogP contribution < -0.4 is 5.32 Å². The van der Waals surface area contributed by atoms with Crippen LogP contribution in [0.15, 0.2) is 41.0 Å². The van der Waals surface area contributed by atoms with Crippen molar-refractivity contribution >= 4 is 39.1 Å². The van der Waals surface area contributed by atoms with Gasteiger partial charge in [-0.15, -0.1) is 0 Å². The Kier molecular flexibility index (Phi) is 4.49. The maximum Gasteiger partial charge on any atom is 0.339 e. The third kappa shape index (κ3) is 3.54. The first kappa shape index (κ1) is 14.9. The molecule has 0 fully saturated rings. The molecule has 0 unspecified atom stereocenters. The summed E-state index contributed by atoms with van der Waals surface area (Å²) >= 11 is 3.31. The molecule has 0 atom stereocenters. The van der Waals surface area contributed by atoms with Crippen molar-refractivity contribution < 1.29 is 14.5 Å². The number of aromatic nitrogens is 1. The number of rotatable bonds is 4. The summed E-state index contributed by atoms with van der Waals surface area (Å²) in [5, 5.41) is 14.0. The quantitative estimate of drug-likeness (QED) is 0.516. The normalized spacial score (nSPS) is 10.0. The molecular weight excluding hydrogens is 342 g/mol. The lowest BCUT2D eigenvalue weighted by molar-refractivity contribution is -0.384. The predicted octanol–water partition coefficient (Wildman–Crippen LogP) is 3.28. The fraction of sp³-hybridized carbons (Fsp3) is 0.0769. The summed E-state index contributed by atoms with van der Waals surface area (Å²) in [6, 6.07) is 8.22. The zero-order chi connectivity index (χ0) is 15.4. The van der Waals surface area contributed by atoms with Gasteiger partial charge in [0, 0.05) is 22.4 Å². The molecule has 0 amide bonds. The minimum absolute atomic E-state index is 0.0176. The lowest BCUT2D eigenvalue weighted by Gasteiger charge is -2.07. The van der Waals surface area contributed by atoms with E-state index in [2.05, 4.69) is 31.0 Å². The fourth-order valence-electron chi connectivity index (χ4n) is 1.62. The van der Waals surface area contributed by atoms with Crippen molar-refractivity contribution in [1.29, 1.82) is 0 Å². The van der Waals surface area contributed by atoms with E-state index in [4.69, 9.17) is 0 Å². The number of carbonyl (C=O) groups excluding carboxylic acids is 1. The number of nitrogens with zero attached hydrogens (tertiary/aromatic N) is 2. The number of nitro groups is 1. The monoisotopic (exact) mass is 351 g/mol. The Morgan fingerprint density at radius 1 is 1.43 bits per heavy atom. The smallest absolute Gasteiger partial charge is 0.339 e. The maximum absolute atomic E-state index is 11.4. The lowest BCUT2D eigenvalue weighted by atomic mass is 10.2. The second kappa shape index (κ2) is 6.31. The SMILES string of the molecule is COC(=O)c1cnc(Nc2cccc(Br)c2)c([N+](=O)[O-])c1. The Hall–Kier alpha value is -2.48. The van der Waals surface area contributed by atoms with Crippen molar-refractivity contribution in [2.24, 2.45) is 0 Å². The van der Waals surface area contributed by atoms with Gasteiger partial charge in [-0.25, -0.2) is 9.78 Å². The molecule has 0 saturated carbocycles. The number of benzene rings is 1. The minimum atomic E-state index is -0.681. The number of carbonyl (C=O) groups is 1. The Bertz CT molecular complexity index is 706. The van der Waals surface area contributed by atoms with Crippen LogP contribution >= 0.6 is 15.9 Å². The summed E-state index contributed by atoms with van der Waals surface area (Å²) in [4.78, 5) is 25.8. The van der Waals surface area contributed by atoms with E-state index in [1.807, 2.05) is 6.07 Å². The number of nitrogens with one attached hydrogen (secondary N) is 1. The third-order valence-corrected chi connectivity index (χ3v) is 3.07. The Labute approximate surface area is 128 Å². The van der Waals surface area contributed by atoms with E-state index in [1.165, 1.54) is 13.3 Å². The van der Waals surface area contributed by atoms with E-state index in [1.54, 1.807) is 18.2 Å². The highest BCUT2D eigenvalue weighted by molar-refractivity contribution is 9.10. The average molecular weight is 352 g/mol. The maximum atomic E-state index is 11.4. The van der Waals surface area contributed by atoms with Crippen molar-refractivity contribution in [2.75, 3.05) is 12.4 Å². The molecule has 0 spiro atoms. The number of methoxy groups -OCH3 is 1. The summed E-state index contributed by atoms with van der Waals surface area (Å²) in [6.45, 7) is 0. The Balaban J connectivity index is 2.39. The van der Waals surface area contributed by atoms with Crippen LogP contribution in [0.4, 0.5) is 17.2 Å². The zero-order valence-electron chi connectivity index (χ0n) is 10.9. The number of anilines is 2. The van der Waals surface area contributed by atoms with E-state index in [0.717, 1.165) is 10.5 Å². The van der Waals surface area contributed by atoms with Gasteiger partial charge in [-0.05, 0) is 18.2 Å².